The summed E-state index contributed by atoms with van der Waals surface area (Å²) in [5.41, 5.74) is 1.19. The highest BCUT2D eigenvalue weighted by Gasteiger charge is 2.36. The molecule has 3 nitrogen and oxygen atoms in total. The molecular weight excluding hydrogens is 224 g/mol. The maximum Gasteiger partial charge on any atom is 0.117 e. The van der Waals surface area contributed by atoms with Crippen molar-refractivity contribution in [3.63, 3.8) is 0 Å². The third-order valence-corrected chi connectivity index (χ3v) is 3.51. The van der Waals surface area contributed by atoms with Crippen LogP contribution in [0.2, 0.25) is 0 Å². The Morgan fingerprint density at radius 2 is 2.22 bits per heavy atom. The summed E-state index contributed by atoms with van der Waals surface area (Å²) in [6.45, 7) is 3.87. The van der Waals surface area contributed by atoms with E-state index in [4.69, 9.17) is 4.42 Å². The van der Waals surface area contributed by atoms with E-state index in [0.717, 1.165) is 30.5 Å². The third kappa shape index (κ3) is 2.62. The van der Waals surface area contributed by atoms with Crippen LogP contribution in [0.4, 0.5) is 0 Å². The van der Waals surface area contributed by atoms with Gasteiger partial charge in [0.05, 0.1) is 6.54 Å². The minimum atomic E-state index is 0.664. The minimum Gasteiger partial charge on any atom is -0.464 e. The van der Waals surface area contributed by atoms with Gasteiger partial charge in [0.25, 0.3) is 0 Å². The van der Waals surface area contributed by atoms with Gasteiger partial charge in [-0.05, 0) is 36.1 Å². The first-order valence-corrected chi connectivity index (χ1v) is 6.51. The van der Waals surface area contributed by atoms with Gasteiger partial charge in [-0.3, -0.25) is 4.98 Å². The van der Waals surface area contributed by atoms with Crippen LogP contribution < -0.4 is 5.32 Å². The summed E-state index contributed by atoms with van der Waals surface area (Å²) in [5, 5.41) is 3.37. The number of nitrogens with zero attached hydrogens (tertiary/aromatic N) is 1. The van der Waals surface area contributed by atoms with E-state index >= 15 is 0 Å². The molecular formula is C15H18N2O. The predicted molar refractivity (Wildman–Crippen MR) is 70.0 cm³/mol. The standard InChI is InChI=1S/C15H18N2O/c1-11-7-14(11)15-5-4-13(18-15)10-17-9-12-3-2-6-16-8-12/h2-6,8,11,14,17H,7,9-10H2,1H3/t11-,14-/m1/s1. The Bertz CT molecular complexity index is 506. The molecule has 18 heavy (non-hydrogen) atoms. The Morgan fingerprint density at radius 1 is 1.33 bits per heavy atom. The first kappa shape index (κ1) is 11.5. The highest BCUT2D eigenvalue weighted by molar-refractivity contribution is 5.17. The van der Waals surface area contributed by atoms with Crippen LogP contribution in [0.5, 0.6) is 0 Å². The first-order chi connectivity index (χ1) is 8.83. The molecule has 0 spiro atoms. The monoisotopic (exact) mass is 242 g/mol. The average molecular weight is 242 g/mol. The Kier molecular flexibility index (Phi) is 3.15. The van der Waals surface area contributed by atoms with Gasteiger partial charge in [0.15, 0.2) is 0 Å². The zero-order chi connectivity index (χ0) is 12.4. The van der Waals surface area contributed by atoms with Crippen molar-refractivity contribution in [2.75, 3.05) is 0 Å². The Hall–Kier alpha value is -1.61. The first-order valence-electron chi connectivity index (χ1n) is 6.51. The number of aromatic nitrogens is 1. The Labute approximate surface area is 107 Å². The van der Waals surface area contributed by atoms with E-state index < -0.39 is 0 Å². The van der Waals surface area contributed by atoms with Gasteiger partial charge in [0.2, 0.25) is 0 Å². The van der Waals surface area contributed by atoms with Crippen LogP contribution in [0.25, 0.3) is 0 Å². The largest absolute Gasteiger partial charge is 0.464 e. The molecule has 0 radical (unpaired) electrons. The fourth-order valence-electron chi connectivity index (χ4n) is 2.24. The number of nitrogens with one attached hydrogen (secondary N) is 1. The molecule has 0 aliphatic heterocycles. The number of pyridine rings is 1. The van der Waals surface area contributed by atoms with Crippen LogP contribution in [0.15, 0.2) is 41.1 Å². The van der Waals surface area contributed by atoms with Crippen molar-refractivity contribution in [1.29, 1.82) is 0 Å². The highest BCUT2D eigenvalue weighted by atomic mass is 16.3. The van der Waals surface area contributed by atoms with Crippen molar-refractivity contribution in [2.24, 2.45) is 5.92 Å². The van der Waals surface area contributed by atoms with Crippen molar-refractivity contribution in [2.45, 2.75) is 32.4 Å². The van der Waals surface area contributed by atoms with E-state index in [1.807, 2.05) is 12.3 Å². The molecule has 1 aliphatic rings. The molecule has 2 atom stereocenters. The van der Waals surface area contributed by atoms with Crippen molar-refractivity contribution >= 4 is 0 Å². The van der Waals surface area contributed by atoms with Crippen molar-refractivity contribution in [3.8, 4) is 0 Å². The van der Waals surface area contributed by atoms with Gasteiger partial charge in [-0.15, -0.1) is 0 Å². The minimum absolute atomic E-state index is 0.664. The van der Waals surface area contributed by atoms with E-state index in [9.17, 15) is 0 Å². The van der Waals surface area contributed by atoms with E-state index in [-0.39, 0.29) is 0 Å². The molecule has 2 aromatic rings. The van der Waals surface area contributed by atoms with Crippen LogP contribution in [0, 0.1) is 5.92 Å². The lowest BCUT2D eigenvalue weighted by Crippen LogP contribution is -2.12. The number of furan rings is 1. The molecule has 1 fully saturated rings. The summed E-state index contributed by atoms with van der Waals surface area (Å²) in [4.78, 5) is 4.09. The molecule has 0 aromatic carbocycles. The van der Waals surface area contributed by atoms with Gasteiger partial charge in [-0.2, -0.15) is 0 Å². The molecule has 2 heterocycles. The second-order valence-corrected chi connectivity index (χ2v) is 5.09. The van der Waals surface area contributed by atoms with Gasteiger partial charge in [0, 0.05) is 24.9 Å². The number of hydrogen-bond acceptors (Lipinski definition) is 3. The SMILES string of the molecule is C[C@@H]1C[C@H]1c1ccc(CNCc2cccnc2)o1. The quantitative estimate of drug-likeness (QED) is 0.875. The van der Waals surface area contributed by atoms with Gasteiger partial charge in [-0.1, -0.05) is 13.0 Å². The summed E-state index contributed by atoms with van der Waals surface area (Å²) in [7, 11) is 0. The third-order valence-electron chi connectivity index (χ3n) is 3.51. The zero-order valence-electron chi connectivity index (χ0n) is 10.6. The van der Waals surface area contributed by atoms with Crippen LogP contribution in [0.3, 0.4) is 0 Å². The summed E-state index contributed by atoms with van der Waals surface area (Å²) in [6, 6.07) is 8.22. The second-order valence-electron chi connectivity index (χ2n) is 5.09. The van der Waals surface area contributed by atoms with Gasteiger partial charge in [-0.25, -0.2) is 0 Å². The zero-order valence-corrected chi connectivity index (χ0v) is 10.6. The van der Waals surface area contributed by atoms with Gasteiger partial charge >= 0.3 is 0 Å². The van der Waals surface area contributed by atoms with Crippen LogP contribution in [-0.2, 0) is 13.1 Å². The van der Waals surface area contributed by atoms with E-state index in [0.29, 0.717) is 5.92 Å². The summed E-state index contributed by atoms with van der Waals surface area (Å²) < 4.78 is 5.84. The molecule has 1 aliphatic carbocycles. The van der Waals surface area contributed by atoms with E-state index in [1.54, 1.807) is 6.20 Å². The molecule has 1 N–H and O–H groups in total. The van der Waals surface area contributed by atoms with Crippen molar-refractivity contribution in [1.82, 2.24) is 10.3 Å². The van der Waals surface area contributed by atoms with Crippen LogP contribution >= 0.6 is 0 Å². The Morgan fingerprint density at radius 3 is 2.94 bits per heavy atom. The molecule has 0 amide bonds. The molecule has 0 unspecified atom stereocenters. The maximum atomic E-state index is 5.84. The van der Waals surface area contributed by atoms with Gasteiger partial charge < -0.3 is 9.73 Å². The topological polar surface area (TPSA) is 38.1 Å². The second kappa shape index (κ2) is 4.94. The van der Waals surface area contributed by atoms with Crippen LogP contribution in [-0.4, -0.2) is 4.98 Å². The lowest BCUT2D eigenvalue weighted by Gasteiger charge is -2.02. The van der Waals surface area contributed by atoms with Crippen LogP contribution in [0.1, 0.15) is 36.3 Å². The fourth-order valence-corrected chi connectivity index (χ4v) is 2.24. The summed E-state index contributed by atoms with van der Waals surface area (Å²) in [6.07, 6.45) is 4.95. The highest BCUT2D eigenvalue weighted by Crippen LogP contribution is 2.47. The molecule has 2 aromatic heterocycles. The molecule has 0 saturated heterocycles. The molecule has 3 rings (SSSR count). The van der Waals surface area contributed by atoms with Crippen molar-refractivity contribution < 1.29 is 4.42 Å². The average Bonchev–Trinajstić information content (AvgIpc) is 2.94. The molecule has 0 bridgehead atoms. The number of hydrogen-bond donors (Lipinski definition) is 1. The normalized spacial score (nSPS) is 22.1. The molecule has 1 saturated carbocycles. The number of rotatable bonds is 5. The van der Waals surface area contributed by atoms with E-state index in [1.165, 1.54) is 12.0 Å². The molecule has 3 heteroatoms. The molecule has 94 valence electrons. The van der Waals surface area contributed by atoms with Gasteiger partial charge in [0.1, 0.15) is 11.5 Å². The van der Waals surface area contributed by atoms with E-state index in [2.05, 4.69) is 35.4 Å². The lowest BCUT2D eigenvalue weighted by atomic mass is 10.3. The fraction of sp³-hybridized carbons (Fsp3) is 0.400. The van der Waals surface area contributed by atoms with Crippen molar-refractivity contribution in [3.05, 3.63) is 53.7 Å². The Balaban J connectivity index is 1.50. The summed E-state index contributed by atoms with van der Waals surface area (Å²) >= 11 is 0. The smallest absolute Gasteiger partial charge is 0.117 e. The predicted octanol–water partition coefficient (Wildman–Crippen LogP) is 3.09. The lowest BCUT2D eigenvalue weighted by molar-refractivity contribution is 0.444. The summed E-state index contributed by atoms with van der Waals surface area (Å²) in [5.74, 6) is 3.64. The maximum absolute atomic E-state index is 5.84.